The lowest BCUT2D eigenvalue weighted by Gasteiger charge is -2.29. The number of benzene rings is 2. The van der Waals surface area contributed by atoms with Gasteiger partial charge in [0.2, 0.25) is 0 Å². The van der Waals surface area contributed by atoms with E-state index in [9.17, 15) is 9.59 Å². The number of carbonyl (C=O) groups is 2. The minimum Gasteiger partial charge on any atom is -0.340 e. The van der Waals surface area contributed by atoms with Crippen LogP contribution in [0.25, 0.3) is 0 Å². The van der Waals surface area contributed by atoms with Crippen molar-refractivity contribution < 1.29 is 9.59 Å². The van der Waals surface area contributed by atoms with Gasteiger partial charge in [0, 0.05) is 22.2 Å². The number of nitrogens with two attached hydrogens (primary N) is 1. The maximum Gasteiger partial charge on any atom is 0.251 e. The first-order valence-electron chi connectivity index (χ1n) is 8.40. The predicted molar refractivity (Wildman–Crippen MR) is 104 cm³/mol. The van der Waals surface area contributed by atoms with E-state index in [2.05, 4.69) is 22.3 Å². The van der Waals surface area contributed by atoms with Gasteiger partial charge in [-0.2, -0.15) is 5.11 Å². The molecule has 1 atom stereocenters. The Kier molecular flexibility index (Phi) is 6.22. The van der Waals surface area contributed by atoms with Crippen molar-refractivity contribution in [3.63, 3.8) is 0 Å². The van der Waals surface area contributed by atoms with Crippen LogP contribution in [0.5, 0.6) is 0 Å². The molecule has 0 radical (unpaired) electrons. The van der Waals surface area contributed by atoms with Crippen molar-refractivity contribution in [2.24, 2.45) is 10.8 Å². The van der Waals surface area contributed by atoms with Crippen molar-refractivity contribution in [3.05, 3.63) is 65.2 Å². The van der Waals surface area contributed by atoms with Crippen molar-refractivity contribution in [1.82, 2.24) is 5.32 Å². The van der Waals surface area contributed by atoms with Crippen molar-refractivity contribution in [1.29, 1.82) is 5.53 Å². The van der Waals surface area contributed by atoms with E-state index in [0.29, 0.717) is 11.3 Å². The lowest BCUT2D eigenvalue weighted by Crippen LogP contribution is -2.58. The number of rotatable bonds is 5. The van der Waals surface area contributed by atoms with Crippen LogP contribution in [0.4, 0.5) is 5.69 Å². The molecule has 0 bridgehead atoms. The van der Waals surface area contributed by atoms with Crippen LogP contribution in [0.2, 0.25) is 0 Å². The van der Waals surface area contributed by atoms with Crippen LogP contribution in [0.3, 0.4) is 0 Å². The van der Waals surface area contributed by atoms with Gasteiger partial charge in [0.05, 0.1) is 5.69 Å². The SMILES string of the molecule is CC(=O)C(NC(=O)c1ccc(C#Cc2ccc(N=N)cc2)cc1)C(C)(C)N. The molecule has 2 aromatic rings. The number of ketones is 1. The Morgan fingerprint density at radius 1 is 1.04 bits per heavy atom. The molecule has 2 rings (SSSR count). The monoisotopic (exact) mass is 362 g/mol. The van der Waals surface area contributed by atoms with Gasteiger partial charge in [0.15, 0.2) is 5.78 Å². The first-order chi connectivity index (χ1) is 12.7. The Morgan fingerprint density at radius 3 is 1.93 bits per heavy atom. The quantitative estimate of drug-likeness (QED) is 0.561. The first-order valence-corrected chi connectivity index (χ1v) is 8.40. The molecule has 1 unspecified atom stereocenters. The molecular formula is C21H22N4O2. The molecule has 0 fully saturated rings. The summed E-state index contributed by atoms with van der Waals surface area (Å²) in [6.07, 6.45) is 0. The van der Waals surface area contributed by atoms with Gasteiger partial charge in [-0.1, -0.05) is 11.8 Å². The van der Waals surface area contributed by atoms with Crippen LogP contribution in [0.15, 0.2) is 53.6 Å². The number of Topliss-reactive ketones (excluding diaryl/α,β-unsaturated/α-hetero) is 1. The molecule has 0 saturated heterocycles. The van der Waals surface area contributed by atoms with Gasteiger partial charge in [-0.25, -0.2) is 5.53 Å². The largest absolute Gasteiger partial charge is 0.340 e. The van der Waals surface area contributed by atoms with Crippen LogP contribution in [-0.4, -0.2) is 23.3 Å². The van der Waals surface area contributed by atoms with Crippen LogP contribution >= 0.6 is 0 Å². The maximum absolute atomic E-state index is 12.4. The van der Waals surface area contributed by atoms with Gasteiger partial charge in [-0.15, -0.1) is 0 Å². The summed E-state index contributed by atoms with van der Waals surface area (Å²) in [7, 11) is 0. The number of nitrogens with one attached hydrogen (secondary N) is 2. The molecule has 0 heterocycles. The Morgan fingerprint density at radius 2 is 1.52 bits per heavy atom. The van der Waals surface area contributed by atoms with Crippen molar-refractivity contribution >= 4 is 17.4 Å². The number of carbonyl (C=O) groups excluding carboxylic acids is 2. The smallest absolute Gasteiger partial charge is 0.251 e. The van der Waals surface area contributed by atoms with Crippen LogP contribution in [0, 0.1) is 17.4 Å². The molecule has 0 spiro atoms. The third-order valence-electron chi connectivity index (χ3n) is 3.92. The molecule has 6 nitrogen and oxygen atoms in total. The van der Waals surface area contributed by atoms with Gasteiger partial charge in [0.1, 0.15) is 6.04 Å². The fraction of sp³-hybridized carbons (Fsp3) is 0.238. The number of nitrogens with zero attached hydrogens (tertiary/aromatic N) is 1. The zero-order chi connectivity index (χ0) is 20.0. The summed E-state index contributed by atoms with van der Waals surface area (Å²) >= 11 is 0. The Balaban J connectivity index is 2.10. The average molecular weight is 362 g/mol. The third kappa shape index (κ3) is 5.59. The van der Waals surface area contributed by atoms with E-state index < -0.39 is 11.6 Å². The molecule has 0 saturated carbocycles. The van der Waals surface area contributed by atoms with E-state index in [1.807, 2.05) is 0 Å². The van der Waals surface area contributed by atoms with E-state index in [1.165, 1.54) is 6.92 Å². The topological polar surface area (TPSA) is 108 Å². The van der Waals surface area contributed by atoms with Crippen molar-refractivity contribution in [3.8, 4) is 11.8 Å². The van der Waals surface area contributed by atoms with Crippen molar-refractivity contribution in [2.45, 2.75) is 32.4 Å². The molecule has 138 valence electrons. The van der Waals surface area contributed by atoms with Gasteiger partial charge in [-0.3, -0.25) is 9.59 Å². The van der Waals surface area contributed by atoms with Gasteiger partial charge >= 0.3 is 0 Å². The Bertz CT molecular complexity index is 898. The summed E-state index contributed by atoms with van der Waals surface area (Å²) in [5.74, 6) is 5.48. The molecule has 4 N–H and O–H groups in total. The lowest BCUT2D eigenvalue weighted by atomic mass is 9.92. The fourth-order valence-corrected chi connectivity index (χ4v) is 2.49. The molecule has 1 amide bonds. The van der Waals surface area contributed by atoms with Crippen LogP contribution in [-0.2, 0) is 4.79 Å². The van der Waals surface area contributed by atoms with E-state index in [0.717, 1.165) is 11.1 Å². The molecule has 0 aromatic heterocycles. The van der Waals surface area contributed by atoms with E-state index in [-0.39, 0.29) is 11.7 Å². The van der Waals surface area contributed by atoms with Gasteiger partial charge in [-0.05, 0) is 69.3 Å². The standard InChI is InChI=1S/C21H22N4O2/c1-14(26)19(21(2,3)22)24-20(27)17-10-6-15(7-11-17)4-5-16-8-12-18(25-23)13-9-16/h6-13,19,23H,22H2,1-3H3,(H,24,27). The highest BCUT2D eigenvalue weighted by Crippen LogP contribution is 2.12. The average Bonchev–Trinajstić information content (AvgIpc) is 2.64. The number of amides is 1. The number of hydrogen-bond acceptors (Lipinski definition) is 5. The zero-order valence-electron chi connectivity index (χ0n) is 15.5. The van der Waals surface area contributed by atoms with E-state index >= 15 is 0 Å². The summed E-state index contributed by atoms with van der Waals surface area (Å²) in [5.41, 5.74) is 14.6. The lowest BCUT2D eigenvalue weighted by molar-refractivity contribution is -0.120. The Labute approximate surface area is 158 Å². The normalized spacial score (nSPS) is 11.7. The molecule has 6 heteroatoms. The summed E-state index contributed by atoms with van der Waals surface area (Å²) in [6.45, 7) is 4.80. The molecule has 0 aliphatic heterocycles. The third-order valence-corrected chi connectivity index (χ3v) is 3.92. The minimum atomic E-state index is -0.851. The zero-order valence-corrected chi connectivity index (χ0v) is 15.5. The molecule has 0 aliphatic carbocycles. The van der Waals surface area contributed by atoms with E-state index in [4.69, 9.17) is 11.3 Å². The second-order valence-corrected chi connectivity index (χ2v) is 6.82. The second-order valence-electron chi connectivity index (χ2n) is 6.82. The summed E-state index contributed by atoms with van der Waals surface area (Å²) in [6, 6.07) is 13.0. The highest BCUT2D eigenvalue weighted by atomic mass is 16.2. The highest BCUT2D eigenvalue weighted by molar-refractivity contribution is 5.98. The van der Waals surface area contributed by atoms with E-state index in [1.54, 1.807) is 62.4 Å². The summed E-state index contributed by atoms with van der Waals surface area (Å²) < 4.78 is 0. The fourth-order valence-electron chi connectivity index (χ4n) is 2.49. The van der Waals surface area contributed by atoms with Gasteiger partial charge in [0.25, 0.3) is 5.91 Å². The van der Waals surface area contributed by atoms with Crippen molar-refractivity contribution in [2.75, 3.05) is 0 Å². The van der Waals surface area contributed by atoms with Gasteiger partial charge < -0.3 is 11.1 Å². The first kappa shape index (κ1) is 20.0. The molecular weight excluding hydrogens is 340 g/mol. The number of hydrogen-bond donors (Lipinski definition) is 3. The molecule has 0 aliphatic rings. The molecule has 2 aromatic carbocycles. The van der Waals surface area contributed by atoms with Crippen LogP contribution < -0.4 is 11.1 Å². The van der Waals surface area contributed by atoms with Crippen LogP contribution in [0.1, 0.15) is 42.3 Å². The second kappa shape index (κ2) is 8.39. The highest BCUT2D eigenvalue weighted by Gasteiger charge is 2.30. The minimum absolute atomic E-state index is 0.192. The maximum atomic E-state index is 12.4. The Hall–Kier alpha value is -3.30. The summed E-state index contributed by atoms with van der Waals surface area (Å²) in [4.78, 5) is 24.1. The predicted octanol–water partition coefficient (Wildman–Crippen LogP) is 3.17. The molecule has 27 heavy (non-hydrogen) atoms. The summed E-state index contributed by atoms with van der Waals surface area (Å²) in [5, 5.41) is 6.02.